The molecule has 2 unspecified atom stereocenters. The number of carbonyl (C=O) groups is 2. The Morgan fingerprint density at radius 2 is 1.88 bits per heavy atom. The molecule has 26 heavy (non-hydrogen) atoms. The van der Waals surface area contributed by atoms with Crippen molar-refractivity contribution in [3.05, 3.63) is 24.3 Å². The van der Waals surface area contributed by atoms with Gasteiger partial charge in [-0.3, -0.25) is 9.59 Å². The van der Waals surface area contributed by atoms with Crippen molar-refractivity contribution in [2.75, 3.05) is 23.3 Å². The van der Waals surface area contributed by atoms with E-state index in [9.17, 15) is 9.59 Å². The number of carbonyl (C=O) groups excluding carboxylic acids is 2. The maximum Gasteiger partial charge on any atom is 0.246 e. The molecule has 2 atom stereocenters. The van der Waals surface area contributed by atoms with Crippen LogP contribution in [0.2, 0.25) is 0 Å². The average Bonchev–Trinajstić information content (AvgIpc) is 3.19. The highest BCUT2D eigenvalue weighted by Crippen LogP contribution is 2.23. The summed E-state index contributed by atoms with van der Waals surface area (Å²) >= 11 is 0. The molecule has 1 saturated heterocycles. The summed E-state index contributed by atoms with van der Waals surface area (Å²) in [6.45, 7) is 8.10. The van der Waals surface area contributed by atoms with Gasteiger partial charge in [-0.25, -0.2) is 0 Å². The lowest BCUT2D eigenvalue weighted by Crippen LogP contribution is -2.45. The smallest absolute Gasteiger partial charge is 0.246 e. The summed E-state index contributed by atoms with van der Waals surface area (Å²) in [5, 5.41) is 5.93. The van der Waals surface area contributed by atoms with Gasteiger partial charge in [0.05, 0.1) is 0 Å². The van der Waals surface area contributed by atoms with Gasteiger partial charge in [-0.05, 0) is 43.9 Å². The second-order valence-electron chi connectivity index (χ2n) is 7.25. The normalized spacial score (nSPS) is 16.2. The van der Waals surface area contributed by atoms with E-state index in [1.165, 1.54) is 12.8 Å². The lowest BCUT2D eigenvalue weighted by molar-refractivity contribution is -0.129. The average molecular weight is 360 g/mol. The first kappa shape index (κ1) is 20.3. The first-order valence-electron chi connectivity index (χ1n) is 10.0. The number of hydrogen-bond donors (Lipinski definition) is 2. The van der Waals surface area contributed by atoms with Gasteiger partial charge in [0.1, 0.15) is 6.04 Å². The van der Waals surface area contributed by atoms with Crippen LogP contribution >= 0.6 is 0 Å². The number of amides is 2. The van der Waals surface area contributed by atoms with Crippen LogP contribution in [0.3, 0.4) is 0 Å². The largest absolute Gasteiger partial charge is 0.371 e. The zero-order valence-electron chi connectivity index (χ0n) is 16.4. The third-order valence-corrected chi connectivity index (χ3v) is 5.12. The Morgan fingerprint density at radius 1 is 1.15 bits per heavy atom. The molecule has 2 rings (SSSR count). The minimum absolute atomic E-state index is 0.0467. The van der Waals surface area contributed by atoms with Gasteiger partial charge in [-0.15, -0.1) is 0 Å². The van der Waals surface area contributed by atoms with Crippen LogP contribution in [0.5, 0.6) is 0 Å². The second kappa shape index (κ2) is 10.2. The fourth-order valence-electron chi connectivity index (χ4n) is 3.16. The quantitative estimate of drug-likeness (QED) is 0.702. The Hall–Kier alpha value is -2.04. The third-order valence-electron chi connectivity index (χ3n) is 5.12. The lowest BCUT2D eigenvalue weighted by Gasteiger charge is -2.21. The van der Waals surface area contributed by atoms with E-state index in [0.29, 0.717) is 6.42 Å². The first-order chi connectivity index (χ1) is 12.5. The van der Waals surface area contributed by atoms with Crippen LogP contribution in [0.15, 0.2) is 24.3 Å². The number of nitrogens with zero attached hydrogens (tertiary/aromatic N) is 1. The summed E-state index contributed by atoms with van der Waals surface area (Å²) in [7, 11) is 0. The Morgan fingerprint density at radius 3 is 2.54 bits per heavy atom. The summed E-state index contributed by atoms with van der Waals surface area (Å²) in [6, 6.07) is 7.51. The SMILES string of the molecule is CCCCC(NC(=O)C(C)CC)C(=O)Nc1cccc(N2CCCC2)c1. The highest BCUT2D eigenvalue weighted by atomic mass is 16.2. The Labute approximate surface area is 157 Å². The van der Waals surface area contributed by atoms with Gasteiger partial charge in [-0.2, -0.15) is 0 Å². The van der Waals surface area contributed by atoms with E-state index < -0.39 is 6.04 Å². The van der Waals surface area contributed by atoms with E-state index in [2.05, 4.69) is 28.5 Å². The number of nitrogens with one attached hydrogen (secondary N) is 2. The van der Waals surface area contributed by atoms with Crippen molar-refractivity contribution >= 4 is 23.2 Å². The molecule has 1 fully saturated rings. The molecule has 2 amide bonds. The fraction of sp³-hybridized carbons (Fsp3) is 0.619. The summed E-state index contributed by atoms with van der Waals surface area (Å²) < 4.78 is 0. The van der Waals surface area contributed by atoms with E-state index in [0.717, 1.165) is 43.7 Å². The molecule has 144 valence electrons. The maximum atomic E-state index is 12.8. The predicted molar refractivity (Wildman–Crippen MR) is 107 cm³/mol. The molecule has 0 saturated carbocycles. The Balaban J connectivity index is 2.03. The Bertz CT molecular complexity index is 597. The molecule has 1 aromatic carbocycles. The van der Waals surface area contributed by atoms with Crippen LogP contribution in [0.4, 0.5) is 11.4 Å². The first-order valence-corrected chi connectivity index (χ1v) is 10.0. The van der Waals surface area contributed by atoms with Gasteiger partial charge in [0.15, 0.2) is 0 Å². The molecule has 0 spiro atoms. The number of hydrogen-bond acceptors (Lipinski definition) is 3. The summed E-state index contributed by atoms with van der Waals surface area (Å²) in [6.07, 6.45) is 5.77. The third kappa shape index (κ3) is 5.75. The van der Waals surface area contributed by atoms with Crippen LogP contribution < -0.4 is 15.5 Å². The van der Waals surface area contributed by atoms with Crippen LogP contribution in [0.25, 0.3) is 0 Å². The van der Waals surface area contributed by atoms with E-state index in [-0.39, 0.29) is 17.7 Å². The van der Waals surface area contributed by atoms with Crippen molar-refractivity contribution < 1.29 is 9.59 Å². The van der Waals surface area contributed by atoms with Crippen molar-refractivity contribution in [1.82, 2.24) is 5.32 Å². The van der Waals surface area contributed by atoms with Crippen molar-refractivity contribution in [2.24, 2.45) is 5.92 Å². The lowest BCUT2D eigenvalue weighted by atomic mass is 10.1. The summed E-state index contributed by atoms with van der Waals surface area (Å²) in [4.78, 5) is 27.3. The fourth-order valence-corrected chi connectivity index (χ4v) is 3.16. The standard InChI is InChI=1S/C21H33N3O2/c1-4-6-12-19(23-20(25)16(3)5-2)21(26)22-17-10-9-11-18(15-17)24-13-7-8-14-24/h9-11,15-16,19H,4-8,12-14H2,1-3H3,(H,22,26)(H,23,25). The Kier molecular flexibility index (Phi) is 7.95. The zero-order chi connectivity index (χ0) is 18.9. The molecule has 2 N–H and O–H groups in total. The van der Waals surface area contributed by atoms with Gasteiger partial charge in [0.25, 0.3) is 0 Å². The van der Waals surface area contributed by atoms with Crippen molar-refractivity contribution in [2.45, 2.75) is 65.3 Å². The number of unbranched alkanes of at least 4 members (excludes halogenated alkanes) is 1. The van der Waals surface area contributed by atoms with Gasteiger partial charge in [0.2, 0.25) is 11.8 Å². The van der Waals surface area contributed by atoms with E-state index in [1.807, 2.05) is 32.0 Å². The molecule has 1 aromatic rings. The second-order valence-corrected chi connectivity index (χ2v) is 7.25. The van der Waals surface area contributed by atoms with E-state index in [1.54, 1.807) is 0 Å². The molecular weight excluding hydrogens is 326 g/mol. The van der Waals surface area contributed by atoms with Gasteiger partial charge in [-0.1, -0.05) is 39.7 Å². The highest BCUT2D eigenvalue weighted by molar-refractivity contribution is 5.97. The molecule has 1 aliphatic heterocycles. The van der Waals surface area contributed by atoms with E-state index in [4.69, 9.17) is 0 Å². The van der Waals surface area contributed by atoms with Gasteiger partial charge in [0, 0.05) is 30.4 Å². The minimum Gasteiger partial charge on any atom is -0.371 e. The van der Waals surface area contributed by atoms with Crippen LogP contribution in [-0.4, -0.2) is 30.9 Å². The molecule has 0 radical (unpaired) electrons. The number of benzene rings is 1. The highest BCUT2D eigenvalue weighted by Gasteiger charge is 2.23. The van der Waals surface area contributed by atoms with Crippen molar-refractivity contribution in [1.29, 1.82) is 0 Å². The van der Waals surface area contributed by atoms with Gasteiger partial charge >= 0.3 is 0 Å². The molecular formula is C21H33N3O2. The van der Waals surface area contributed by atoms with Crippen molar-refractivity contribution in [3.63, 3.8) is 0 Å². The van der Waals surface area contributed by atoms with E-state index >= 15 is 0 Å². The molecule has 0 bridgehead atoms. The minimum atomic E-state index is -0.480. The zero-order valence-corrected chi connectivity index (χ0v) is 16.4. The molecule has 1 aliphatic rings. The van der Waals surface area contributed by atoms with Crippen LogP contribution in [-0.2, 0) is 9.59 Å². The van der Waals surface area contributed by atoms with Crippen LogP contribution in [0, 0.1) is 5.92 Å². The molecule has 0 aromatic heterocycles. The maximum absolute atomic E-state index is 12.8. The topological polar surface area (TPSA) is 61.4 Å². The molecule has 0 aliphatic carbocycles. The summed E-state index contributed by atoms with van der Waals surface area (Å²) in [5.74, 6) is -0.256. The number of rotatable bonds is 9. The van der Waals surface area contributed by atoms with Crippen molar-refractivity contribution in [3.8, 4) is 0 Å². The monoisotopic (exact) mass is 359 g/mol. The molecule has 5 nitrogen and oxygen atoms in total. The van der Waals surface area contributed by atoms with Crippen LogP contribution in [0.1, 0.15) is 59.3 Å². The number of anilines is 2. The summed E-state index contributed by atoms with van der Waals surface area (Å²) in [5.41, 5.74) is 1.94. The molecule has 5 heteroatoms. The van der Waals surface area contributed by atoms with Gasteiger partial charge < -0.3 is 15.5 Å². The predicted octanol–water partition coefficient (Wildman–Crippen LogP) is 3.95. The molecule has 1 heterocycles.